The highest BCUT2D eigenvalue weighted by molar-refractivity contribution is 5.59. The van der Waals surface area contributed by atoms with Crippen LogP contribution in [-0.2, 0) is 6.42 Å². The molecule has 1 aliphatic rings. The van der Waals surface area contributed by atoms with E-state index in [1.54, 1.807) is 18.2 Å². The van der Waals surface area contributed by atoms with Crippen molar-refractivity contribution in [3.05, 3.63) is 42.1 Å². The first-order chi connectivity index (χ1) is 6.59. The van der Waals surface area contributed by atoms with Crippen molar-refractivity contribution < 1.29 is 13.2 Å². The molecule has 0 unspecified atom stereocenters. The van der Waals surface area contributed by atoms with E-state index in [9.17, 15) is 13.2 Å². The van der Waals surface area contributed by atoms with Gasteiger partial charge in [-0.15, -0.1) is 13.2 Å². The normalized spacial score (nSPS) is 15.5. The standard InChI is InChI=1S/C10H8F3N/c11-10(12,13)14-7-3-5-8-4-1-2-6-9(8)14/h1-4,6-7H,5H2. The molecule has 0 atom stereocenters. The molecule has 0 spiro atoms. The van der Waals surface area contributed by atoms with E-state index < -0.39 is 6.30 Å². The molecule has 1 nitrogen and oxygen atoms in total. The van der Waals surface area contributed by atoms with Gasteiger partial charge in [0.1, 0.15) is 0 Å². The molecule has 1 aliphatic heterocycles. The third-order valence-electron chi connectivity index (χ3n) is 2.12. The summed E-state index contributed by atoms with van der Waals surface area (Å²) in [5.41, 5.74) is 0.926. The lowest BCUT2D eigenvalue weighted by Gasteiger charge is -2.27. The fourth-order valence-electron chi connectivity index (χ4n) is 1.50. The maximum absolute atomic E-state index is 12.5. The molecule has 74 valence electrons. The second kappa shape index (κ2) is 3.04. The Morgan fingerprint density at radius 3 is 2.57 bits per heavy atom. The summed E-state index contributed by atoms with van der Waals surface area (Å²) in [7, 11) is 0. The van der Waals surface area contributed by atoms with Crippen LogP contribution in [0.15, 0.2) is 36.5 Å². The Hall–Kier alpha value is -1.45. The molecule has 0 aliphatic carbocycles. The number of benzene rings is 1. The molecule has 0 amide bonds. The molecule has 0 aromatic heterocycles. The first-order valence-corrected chi connectivity index (χ1v) is 4.19. The van der Waals surface area contributed by atoms with Gasteiger partial charge in [-0.05, 0) is 18.1 Å². The molecule has 0 saturated carbocycles. The van der Waals surface area contributed by atoms with Crippen LogP contribution in [0.5, 0.6) is 0 Å². The van der Waals surface area contributed by atoms with Crippen LogP contribution in [0, 0.1) is 0 Å². The first kappa shape index (κ1) is 9.12. The fraction of sp³-hybridized carbons (Fsp3) is 0.200. The molecule has 1 heterocycles. The molecule has 0 fully saturated rings. The van der Waals surface area contributed by atoms with Crippen LogP contribution in [-0.4, -0.2) is 6.30 Å². The number of hydrogen-bond donors (Lipinski definition) is 0. The maximum Gasteiger partial charge on any atom is 0.488 e. The molecule has 14 heavy (non-hydrogen) atoms. The van der Waals surface area contributed by atoms with Crippen molar-refractivity contribution in [2.24, 2.45) is 0 Å². The number of fused-ring (bicyclic) bond motifs is 1. The lowest BCUT2D eigenvalue weighted by atomic mass is 10.1. The van der Waals surface area contributed by atoms with E-state index >= 15 is 0 Å². The van der Waals surface area contributed by atoms with Gasteiger partial charge in [-0.2, -0.15) is 0 Å². The molecule has 0 saturated heterocycles. The third-order valence-corrected chi connectivity index (χ3v) is 2.12. The van der Waals surface area contributed by atoms with Crippen molar-refractivity contribution in [2.45, 2.75) is 12.7 Å². The predicted molar refractivity (Wildman–Crippen MR) is 47.8 cm³/mol. The van der Waals surface area contributed by atoms with E-state index in [4.69, 9.17) is 0 Å². The van der Waals surface area contributed by atoms with Gasteiger partial charge in [0, 0.05) is 6.20 Å². The summed E-state index contributed by atoms with van der Waals surface area (Å²) in [5.74, 6) is 0. The monoisotopic (exact) mass is 199 g/mol. The van der Waals surface area contributed by atoms with Gasteiger partial charge >= 0.3 is 6.30 Å². The largest absolute Gasteiger partial charge is 0.488 e. The van der Waals surface area contributed by atoms with Gasteiger partial charge in [0.2, 0.25) is 0 Å². The van der Waals surface area contributed by atoms with E-state index in [2.05, 4.69) is 0 Å². The van der Waals surface area contributed by atoms with Gasteiger partial charge in [-0.3, -0.25) is 4.90 Å². The molecule has 0 N–H and O–H groups in total. The molecule has 4 heteroatoms. The smallest absolute Gasteiger partial charge is 0.260 e. The van der Waals surface area contributed by atoms with Crippen LogP contribution < -0.4 is 4.90 Å². The Morgan fingerprint density at radius 1 is 1.14 bits per heavy atom. The number of para-hydroxylation sites is 1. The summed E-state index contributed by atoms with van der Waals surface area (Å²) in [5, 5.41) is 0. The number of alkyl halides is 3. The van der Waals surface area contributed by atoms with Gasteiger partial charge < -0.3 is 0 Å². The van der Waals surface area contributed by atoms with E-state index in [1.165, 1.54) is 12.1 Å². The molecule has 1 aromatic carbocycles. The molecule has 0 radical (unpaired) electrons. The van der Waals surface area contributed by atoms with E-state index in [0.29, 0.717) is 16.9 Å². The summed E-state index contributed by atoms with van der Waals surface area (Å²) >= 11 is 0. The van der Waals surface area contributed by atoms with E-state index in [0.717, 1.165) is 6.20 Å². The SMILES string of the molecule is FC(F)(F)N1C=CCc2ccccc21. The lowest BCUT2D eigenvalue weighted by Crippen LogP contribution is -2.35. The Balaban J connectivity index is 2.46. The van der Waals surface area contributed by atoms with Gasteiger partial charge in [0.25, 0.3) is 0 Å². The zero-order valence-corrected chi connectivity index (χ0v) is 7.25. The van der Waals surface area contributed by atoms with Crippen molar-refractivity contribution >= 4 is 5.69 Å². The highest BCUT2D eigenvalue weighted by Crippen LogP contribution is 2.34. The number of rotatable bonds is 0. The minimum Gasteiger partial charge on any atom is -0.260 e. The van der Waals surface area contributed by atoms with Crippen LogP contribution in [0.4, 0.5) is 18.9 Å². The fourth-order valence-corrected chi connectivity index (χ4v) is 1.50. The second-order valence-electron chi connectivity index (χ2n) is 3.06. The summed E-state index contributed by atoms with van der Waals surface area (Å²) in [4.78, 5) is 0.339. The molecule has 2 rings (SSSR count). The summed E-state index contributed by atoms with van der Waals surface area (Å²) in [6.07, 6.45) is -1.20. The van der Waals surface area contributed by atoms with Gasteiger partial charge in [0.05, 0.1) is 5.69 Å². The second-order valence-corrected chi connectivity index (χ2v) is 3.06. The first-order valence-electron chi connectivity index (χ1n) is 4.19. The Kier molecular flexibility index (Phi) is 1.98. The summed E-state index contributed by atoms with van der Waals surface area (Å²) in [6.45, 7) is 0. The molecular weight excluding hydrogens is 191 g/mol. The van der Waals surface area contributed by atoms with Crippen molar-refractivity contribution in [2.75, 3.05) is 4.90 Å². The van der Waals surface area contributed by atoms with E-state index in [-0.39, 0.29) is 5.69 Å². The minimum atomic E-state index is -4.34. The number of hydrogen-bond acceptors (Lipinski definition) is 1. The van der Waals surface area contributed by atoms with Gasteiger partial charge in [0.15, 0.2) is 0 Å². The number of anilines is 1. The van der Waals surface area contributed by atoms with Crippen molar-refractivity contribution in [3.8, 4) is 0 Å². The highest BCUT2D eigenvalue weighted by atomic mass is 19.4. The molecular formula is C10H8F3N. The summed E-state index contributed by atoms with van der Waals surface area (Å²) in [6, 6.07) is 6.53. The predicted octanol–water partition coefficient (Wildman–Crippen LogP) is 3.08. The van der Waals surface area contributed by atoms with Crippen LogP contribution >= 0.6 is 0 Å². The van der Waals surface area contributed by atoms with Crippen molar-refractivity contribution in [3.63, 3.8) is 0 Å². The topological polar surface area (TPSA) is 3.24 Å². The number of nitrogens with zero attached hydrogens (tertiary/aromatic N) is 1. The van der Waals surface area contributed by atoms with Gasteiger partial charge in [-0.1, -0.05) is 24.3 Å². The van der Waals surface area contributed by atoms with Crippen molar-refractivity contribution in [1.29, 1.82) is 0 Å². The lowest BCUT2D eigenvalue weighted by molar-refractivity contribution is -0.122. The van der Waals surface area contributed by atoms with Crippen LogP contribution in [0.25, 0.3) is 0 Å². The zero-order valence-electron chi connectivity index (χ0n) is 7.25. The Labute approximate surface area is 79.5 Å². The van der Waals surface area contributed by atoms with Gasteiger partial charge in [-0.25, -0.2) is 0 Å². The quantitative estimate of drug-likeness (QED) is 0.580. The Morgan fingerprint density at radius 2 is 1.86 bits per heavy atom. The maximum atomic E-state index is 12.5. The number of halogens is 3. The average Bonchev–Trinajstić information content (AvgIpc) is 2.15. The Bertz CT molecular complexity index is 368. The van der Waals surface area contributed by atoms with Crippen LogP contribution in [0.1, 0.15) is 5.56 Å². The summed E-state index contributed by atoms with van der Waals surface area (Å²) < 4.78 is 37.5. The average molecular weight is 199 g/mol. The third kappa shape index (κ3) is 1.47. The van der Waals surface area contributed by atoms with Crippen LogP contribution in [0.2, 0.25) is 0 Å². The van der Waals surface area contributed by atoms with Crippen molar-refractivity contribution in [1.82, 2.24) is 0 Å². The number of allylic oxidation sites excluding steroid dienone is 1. The zero-order chi connectivity index (χ0) is 10.2. The molecule has 0 bridgehead atoms. The molecule has 1 aromatic rings. The van der Waals surface area contributed by atoms with E-state index in [1.807, 2.05) is 0 Å². The highest BCUT2D eigenvalue weighted by Gasteiger charge is 2.37. The van der Waals surface area contributed by atoms with Crippen LogP contribution in [0.3, 0.4) is 0 Å². The minimum absolute atomic E-state index is 0.225.